The molecule has 1 amide bonds. The van der Waals surface area contributed by atoms with E-state index in [1.165, 1.54) is 11.3 Å². The molecule has 1 saturated heterocycles. The van der Waals surface area contributed by atoms with Gasteiger partial charge in [-0.1, -0.05) is 18.5 Å². The maximum absolute atomic E-state index is 12.3. The minimum atomic E-state index is -0.00930. The van der Waals surface area contributed by atoms with E-state index in [1.807, 2.05) is 6.07 Å². The average molecular weight is 296 g/mol. The third-order valence-corrected chi connectivity index (χ3v) is 4.66. The fourth-order valence-corrected chi connectivity index (χ4v) is 3.29. The Hall–Kier alpha value is -1.17. The highest BCUT2D eigenvalue weighted by atomic mass is 35.5. The van der Waals surface area contributed by atoms with E-state index in [2.05, 4.69) is 22.5 Å². The topological polar surface area (TPSA) is 54.0 Å². The molecular formula is C13H14ClN3OS. The summed E-state index contributed by atoms with van der Waals surface area (Å²) in [6.07, 6.45) is 0. The van der Waals surface area contributed by atoms with E-state index in [1.54, 1.807) is 11.6 Å². The smallest absolute Gasteiger partial charge is 0.229 e. The molecule has 0 spiro atoms. The monoisotopic (exact) mass is 295 g/mol. The highest BCUT2D eigenvalue weighted by Crippen LogP contribution is 2.33. The number of nitrogens with zero attached hydrogens (tertiary/aromatic N) is 1. The highest BCUT2D eigenvalue weighted by Gasteiger charge is 2.30. The predicted molar refractivity (Wildman–Crippen MR) is 78.8 cm³/mol. The van der Waals surface area contributed by atoms with Crippen LogP contribution in [0.4, 0.5) is 5.69 Å². The molecule has 19 heavy (non-hydrogen) atoms. The van der Waals surface area contributed by atoms with Gasteiger partial charge in [0.05, 0.1) is 26.8 Å². The lowest BCUT2D eigenvalue weighted by Gasteiger charge is -2.15. The van der Waals surface area contributed by atoms with E-state index in [4.69, 9.17) is 11.6 Å². The van der Waals surface area contributed by atoms with E-state index >= 15 is 0 Å². The van der Waals surface area contributed by atoms with Crippen molar-refractivity contribution in [3.63, 3.8) is 0 Å². The lowest BCUT2D eigenvalue weighted by molar-refractivity contribution is -0.120. The molecule has 0 saturated carbocycles. The number of nitrogens with one attached hydrogen (secondary N) is 2. The number of carbonyl (C=O) groups is 1. The van der Waals surface area contributed by atoms with Gasteiger partial charge in [0, 0.05) is 6.54 Å². The molecule has 1 aromatic carbocycles. The molecule has 2 heterocycles. The van der Waals surface area contributed by atoms with Crippen molar-refractivity contribution >= 4 is 44.7 Å². The van der Waals surface area contributed by atoms with Crippen molar-refractivity contribution in [3.8, 4) is 0 Å². The van der Waals surface area contributed by atoms with Crippen LogP contribution in [-0.2, 0) is 4.79 Å². The van der Waals surface area contributed by atoms with Crippen LogP contribution in [0.5, 0.6) is 0 Å². The molecule has 3 rings (SSSR count). The zero-order valence-electron chi connectivity index (χ0n) is 10.4. The van der Waals surface area contributed by atoms with Gasteiger partial charge in [-0.3, -0.25) is 4.79 Å². The fourth-order valence-electron chi connectivity index (χ4n) is 2.40. The molecule has 100 valence electrons. The first-order chi connectivity index (χ1) is 9.16. The number of anilines is 1. The first kappa shape index (κ1) is 12.8. The number of hydrogen-bond donors (Lipinski definition) is 2. The molecular weight excluding hydrogens is 282 g/mol. The highest BCUT2D eigenvalue weighted by molar-refractivity contribution is 7.16. The number of fused-ring (bicyclic) bond motifs is 1. The summed E-state index contributed by atoms with van der Waals surface area (Å²) in [6, 6.07) is 3.72. The van der Waals surface area contributed by atoms with Crippen molar-refractivity contribution in [1.82, 2.24) is 10.3 Å². The molecule has 2 unspecified atom stereocenters. The molecule has 6 heteroatoms. The van der Waals surface area contributed by atoms with Crippen LogP contribution in [0.1, 0.15) is 6.92 Å². The molecule has 0 radical (unpaired) electrons. The zero-order chi connectivity index (χ0) is 13.4. The standard InChI is InChI=1S/C13H14ClN3OS/c1-7-4-15-5-8(7)13(18)17-11-9(14)2-3-10-12(11)16-6-19-10/h2-3,6-8,15H,4-5H2,1H3,(H,17,18). The van der Waals surface area contributed by atoms with Gasteiger partial charge in [0.2, 0.25) is 5.91 Å². The third-order valence-electron chi connectivity index (χ3n) is 3.55. The Bertz CT molecular complexity index is 627. The molecule has 1 aliphatic rings. The summed E-state index contributed by atoms with van der Waals surface area (Å²) < 4.78 is 1.03. The van der Waals surface area contributed by atoms with Crippen LogP contribution >= 0.6 is 22.9 Å². The molecule has 0 aliphatic carbocycles. The van der Waals surface area contributed by atoms with Gasteiger partial charge in [-0.25, -0.2) is 4.98 Å². The molecule has 1 aliphatic heterocycles. The number of carbonyl (C=O) groups excluding carboxylic acids is 1. The molecule has 0 bridgehead atoms. The molecule has 2 N–H and O–H groups in total. The van der Waals surface area contributed by atoms with Gasteiger partial charge in [0.1, 0.15) is 5.52 Å². The second-order valence-electron chi connectivity index (χ2n) is 4.85. The lowest BCUT2D eigenvalue weighted by atomic mass is 9.97. The summed E-state index contributed by atoms with van der Waals surface area (Å²) in [5.41, 5.74) is 3.16. The number of benzene rings is 1. The van der Waals surface area contributed by atoms with Crippen LogP contribution in [-0.4, -0.2) is 24.0 Å². The van der Waals surface area contributed by atoms with E-state index in [9.17, 15) is 4.79 Å². The summed E-state index contributed by atoms with van der Waals surface area (Å²) in [4.78, 5) is 16.6. The summed E-state index contributed by atoms with van der Waals surface area (Å²) in [5, 5.41) is 6.71. The van der Waals surface area contributed by atoms with Gasteiger partial charge in [0.25, 0.3) is 0 Å². The first-order valence-electron chi connectivity index (χ1n) is 6.20. The second kappa shape index (κ2) is 5.07. The summed E-state index contributed by atoms with van der Waals surface area (Å²) in [7, 11) is 0. The minimum Gasteiger partial charge on any atom is -0.323 e. The molecule has 2 aromatic rings. The zero-order valence-corrected chi connectivity index (χ0v) is 12.0. The molecule has 1 aromatic heterocycles. The molecule has 2 atom stereocenters. The second-order valence-corrected chi connectivity index (χ2v) is 6.15. The van der Waals surface area contributed by atoms with E-state index in [-0.39, 0.29) is 11.8 Å². The minimum absolute atomic E-state index is 0.00930. The Labute approximate surface area is 120 Å². The lowest BCUT2D eigenvalue weighted by Crippen LogP contribution is -2.28. The Morgan fingerprint density at radius 2 is 2.37 bits per heavy atom. The van der Waals surface area contributed by atoms with Gasteiger partial charge < -0.3 is 10.6 Å². The van der Waals surface area contributed by atoms with Crippen LogP contribution < -0.4 is 10.6 Å². The van der Waals surface area contributed by atoms with Gasteiger partial charge in [-0.15, -0.1) is 11.3 Å². The van der Waals surface area contributed by atoms with Crippen molar-refractivity contribution in [2.45, 2.75) is 6.92 Å². The van der Waals surface area contributed by atoms with Crippen LogP contribution in [0, 0.1) is 11.8 Å². The van der Waals surface area contributed by atoms with Crippen LogP contribution in [0.3, 0.4) is 0 Å². The van der Waals surface area contributed by atoms with E-state index in [0.29, 0.717) is 16.6 Å². The van der Waals surface area contributed by atoms with Gasteiger partial charge in [0.15, 0.2) is 0 Å². The van der Waals surface area contributed by atoms with Crippen molar-refractivity contribution < 1.29 is 4.79 Å². The molecule has 4 nitrogen and oxygen atoms in total. The van der Waals surface area contributed by atoms with Crippen molar-refractivity contribution in [2.75, 3.05) is 18.4 Å². The first-order valence-corrected chi connectivity index (χ1v) is 7.46. The Balaban J connectivity index is 1.90. The Morgan fingerprint density at radius 1 is 1.53 bits per heavy atom. The van der Waals surface area contributed by atoms with Crippen molar-refractivity contribution in [2.24, 2.45) is 11.8 Å². The SMILES string of the molecule is CC1CNCC1C(=O)Nc1c(Cl)ccc2scnc12. The third kappa shape index (κ3) is 2.33. The largest absolute Gasteiger partial charge is 0.323 e. The van der Waals surface area contributed by atoms with Crippen LogP contribution in [0.25, 0.3) is 10.2 Å². The Kier molecular flexibility index (Phi) is 3.43. The summed E-state index contributed by atoms with van der Waals surface area (Å²) in [6.45, 7) is 3.68. The van der Waals surface area contributed by atoms with E-state index in [0.717, 1.165) is 23.3 Å². The summed E-state index contributed by atoms with van der Waals surface area (Å²) >= 11 is 7.72. The molecule has 1 fully saturated rings. The number of halogens is 1. The van der Waals surface area contributed by atoms with Crippen molar-refractivity contribution in [3.05, 3.63) is 22.7 Å². The van der Waals surface area contributed by atoms with Gasteiger partial charge >= 0.3 is 0 Å². The average Bonchev–Trinajstić information content (AvgIpc) is 3.01. The van der Waals surface area contributed by atoms with Crippen LogP contribution in [0.15, 0.2) is 17.6 Å². The van der Waals surface area contributed by atoms with Crippen LogP contribution in [0.2, 0.25) is 5.02 Å². The van der Waals surface area contributed by atoms with Gasteiger partial charge in [-0.2, -0.15) is 0 Å². The van der Waals surface area contributed by atoms with Gasteiger partial charge in [-0.05, 0) is 24.6 Å². The maximum atomic E-state index is 12.3. The number of aromatic nitrogens is 1. The number of amides is 1. The quantitative estimate of drug-likeness (QED) is 0.896. The summed E-state index contributed by atoms with van der Waals surface area (Å²) in [5.74, 6) is 0.346. The number of thiazole rings is 1. The number of rotatable bonds is 2. The Morgan fingerprint density at radius 3 is 3.11 bits per heavy atom. The normalized spacial score (nSPS) is 22.8. The number of hydrogen-bond acceptors (Lipinski definition) is 4. The maximum Gasteiger partial charge on any atom is 0.229 e. The van der Waals surface area contributed by atoms with E-state index < -0.39 is 0 Å². The fraction of sp³-hybridized carbons (Fsp3) is 0.385. The van der Waals surface area contributed by atoms with Crippen molar-refractivity contribution in [1.29, 1.82) is 0 Å². The predicted octanol–water partition coefficient (Wildman–Crippen LogP) is 2.74.